The molecular weight excluding hydrogens is 322 g/mol. The molecule has 0 heterocycles. The predicted molar refractivity (Wildman–Crippen MR) is 104 cm³/mol. The van der Waals surface area contributed by atoms with Crippen molar-refractivity contribution in [1.29, 1.82) is 0 Å². The van der Waals surface area contributed by atoms with E-state index in [1.54, 1.807) is 0 Å². The van der Waals surface area contributed by atoms with Crippen LogP contribution in [0.2, 0.25) is 0 Å². The van der Waals surface area contributed by atoms with Crippen LogP contribution in [0.25, 0.3) is 0 Å². The molecule has 138 valence electrons. The van der Waals surface area contributed by atoms with Crippen LogP contribution in [0.15, 0.2) is 51.8 Å². The fraction of sp³-hybridized carbons (Fsp3) is 0.565. The molecule has 0 saturated heterocycles. The first kappa shape index (κ1) is 17.5. The van der Waals surface area contributed by atoms with E-state index in [0.29, 0.717) is 24.0 Å². The molecule has 1 unspecified atom stereocenters. The van der Waals surface area contributed by atoms with Gasteiger partial charge in [0.05, 0.1) is 0 Å². The van der Waals surface area contributed by atoms with Crippen LogP contribution in [-0.2, 0) is 4.79 Å². The third-order valence-electron chi connectivity index (χ3n) is 6.99. The second kappa shape index (κ2) is 6.68. The molecule has 0 aromatic rings. The van der Waals surface area contributed by atoms with Gasteiger partial charge in [-0.1, -0.05) is 69.0 Å². The fourth-order valence-corrected chi connectivity index (χ4v) is 5.45. The normalized spacial score (nSPS) is 27.9. The quantitative estimate of drug-likeness (QED) is 0.411. The Hall–Kier alpha value is -1.90. The van der Waals surface area contributed by atoms with Crippen molar-refractivity contribution in [3.8, 4) is 0 Å². The maximum absolute atomic E-state index is 13.0. The summed E-state index contributed by atoms with van der Waals surface area (Å²) in [5.74, 6) is 0.988. The highest BCUT2D eigenvalue weighted by Crippen LogP contribution is 2.56. The molecule has 4 rings (SSSR count). The number of hydrogen-bond donors (Lipinski definition) is 1. The molecule has 1 N–H and O–H groups in total. The van der Waals surface area contributed by atoms with Gasteiger partial charge in [0.1, 0.15) is 5.71 Å². The number of carbonyl (C=O) groups is 1. The van der Waals surface area contributed by atoms with Crippen molar-refractivity contribution in [3.05, 3.63) is 46.6 Å². The molecule has 0 radical (unpaired) electrons. The molecule has 3 nitrogen and oxygen atoms in total. The molecule has 1 atom stereocenters. The summed E-state index contributed by atoms with van der Waals surface area (Å²) in [7, 11) is 0. The fourth-order valence-electron chi connectivity index (χ4n) is 5.45. The Morgan fingerprint density at radius 2 is 2.04 bits per heavy atom. The van der Waals surface area contributed by atoms with Crippen LogP contribution < -0.4 is 0 Å². The van der Waals surface area contributed by atoms with Crippen LogP contribution in [-0.4, -0.2) is 16.7 Å². The van der Waals surface area contributed by atoms with Crippen molar-refractivity contribution in [3.63, 3.8) is 0 Å². The second-order valence-electron chi connectivity index (χ2n) is 8.85. The third kappa shape index (κ3) is 2.82. The number of hydrogen-bond acceptors (Lipinski definition) is 3. The van der Waals surface area contributed by atoms with Gasteiger partial charge in [-0.05, 0) is 59.7 Å². The summed E-state index contributed by atoms with van der Waals surface area (Å²) < 4.78 is 0. The van der Waals surface area contributed by atoms with E-state index in [-0.39, 0.29) is 11.2 Å². The highest BCUT2D eigenvalue weighted by molar-refractivity contribution is 6.45. The molecule has 4 aliphatic rings. The van der Waals surface area contributed by atoms with Gasteiger partial charge < -0.3 is 5.21 Å². The molecular formula is C23H29NO2. The lowest BCUT2D eigenvalue weighted by Gasteiger charge is -2.31. The van der Waals surface area contributed by atoms with E-state index >= 15 is 0 Å². The zero-order chi connectivity index (χ0) is 18.3. The molecule has 0 amide bonds. The first-order chi connectivity index (χ1) is 12.5. The van der Waals surface area contributed by atoms with Crippen LogP contribution in [0, 0.1) is 17.3 Å². The van der Waals surface area contributed by atoms with Gasteiger partial charge in [0.15, 0.2) is 0 Å². The monoisotopic (exact) mass is 351 g/mol. The number of oxime groups is 1. The zero-order valence-electron chi connectivity index (χ0n) is 15.9. The summed E-state index contributed by atoms with van der Waals surface area (Å²) in [5, 5.41) is 12.9. The van der Waals surface area contributed by atoms with E-state index in [4.69, 9.17) is 0 Å². The van der Waals surface area contributed by atoms with Crippen molar-refractivity contribution < 1.29 is 10.0 Å². The molecule has 0 aromatic heterocycles. The summed E-state index contributed by atoms with van der Waals surface area (Å²) in [6.07, 6.45) is 17.0. The standard InChI is InChI=1S/C23H29NO2/c1-23(2)19-10-6-5-9-17(19)18-12-11-16(14-20(18)23)22(25)21(24-26)13-15-7-3-4-8-15/h5-6,9,14-15,19,26H,3-4,7-8,10-13H2,1-2H3/b24-21+. The average Bonchev–Trinajstić information content (AvgIpc) is 3.25. The molecule has 4 aliphatic carbocycles. The van der Waals surface area contributed by atoms with Crippen molar-refractivity contribution >= 4 is 11.5 Å². The number of rotatable bonds is 4. The predicted octanol–water partition coefficient (Wildman–Crippen LogP) is 5.53. The smallest absolute Gasteiger partial charge is 0.206 e. The van der Waals surface area contributed by atoms with Gasteiger partial charge in [0, 0.05) is 5.57 Å². The molecule has 1 fully saturated rings. The Kier molecular flexibility index (Phi) is 4.50. The van der Waals surface area contributed by atoms with Crippen molar-refractivity contribution in [1.82, 2.24) is 0 Å². The molecule has 0 aliphatic heterocycles. The highest BCUT2D eigenvalue weighted by atomic mass is 16.4. The van der Waals surface area contributed by atoms with E-state index in [9.17, 15) is 10.0 Å². The third-order valence-corrected chi connectivity index (χ3v) is 6.99. The Morgan fingerprint density at radius 1 is 1.27 bits per heavy atom. The van der Waals surface area contributed by atoms with Crippen LogP contribution in [0.3, 0.4) is 0 Å². The van der Waals surface area contributed by atoms with E-state index in [1.807, 2.05) is 0 Å². The van der Waals surface area contributed by atoms with Crippen molar-refractivity contribution in [2.75, 3.05) is 0 Å². The van der Waals surface area contributed by atoms with E-state index in [2.05, 4.69) is 43.3 Å². The minimum absolute atomic E-state index is 0.0382. The topological polar surface area (TPSA) is 49.7 Å². The molecule has 3 heteroatoms. The van der Waals surface area contributed by atoms with E-state index < -0.39 is 0 Å². The lowest BCUT2D eigenvalue weighted by molar-refractivity contribution is -0.110. The molecule has 1 saturated carbocycles. The molecule has 0 bridgehead atoms. The Balaban J connectivity index is 1.61. The van der Waals surface area contributed by atoms with Crippen LogP contribution in [0.1, 0.15) is 65.2 Å². The maximum atomic E-state index is 13.0. The average molecular weight is 351 g/mol. The second-order valence-corrected chi connectivity index (χ2v) is 8.85. The summed E-state index contributed by atoms with van der Waals surface area (Å²) in [6.45, 7) is 4.60. The van der Waals surface area contributed by atoms with Crippen LogP contribution in [0.5, 0.6) is 0 Å². The van der Waals surface area contributed by atoms with Gasteiger partial charge in [-0.15, -0.1) is 0 Å². The minimum Gasteiger partial charge on any atom is -0.411 e. The van der Waals surface area contributed by atoms with Gasteiger partial charge in [0.25, 0.3) is 0 Å². The first-order valence-electron chi connectivity index (χ1n) is 10.1. The summed E-state index contributed by atoms with van der Waals surface area (Å²) in [5.41, 5.74) is 5.48. The Bertz CT molecular complexity index is 770. The lowest BCUT2D eigenvalue weighted by Crippen LogP contribution is -2.24. The van der Waals surface area contributed by atoms with Gasteiger partial charge in [-0.2, -0.15) is 0 Å². The SMILES string of the molecule is CC1(C)C2=C(CCC(C(=O)/C(CC3CCCC3)=N/O)=C2)C2=CC=CCC21. The molecule has 26 heavy (non-hydrogen) atoms. The Morgan fingerprint density at radius 3 is 2.77 bits per heavy atom. The summed E-state index contributed by atoms with van der Waals surface area (Å²) in [4.78, 5) is 13.0. The Labute approximate surface area is 156 Å². The van der Waals surface area contributed by atoms with Gasteiger partial charge >= 0.3 is 0 Å². The van der Waals surface area contributed by atoms with Gasteiger partial charge in [-0.3, -0.25) is 4.79 Å². The largest absolute Gasteiger partial charge is 0.411 e. The zero-order valence-corrected chi connectivity index (χ0v) is 15.9. The summed E-state index contributed by atoms with van der Waals surface area (Å²) >= 11 is 0. The van der Waals surface area contributed by atoms with Crippen molar-refractivity contribution in [2.45, 2.75) is 65.2 Å². The molecule has 0 aromatic carbocycles. The van der Waals surface area contributed by atoms with Gasteiger partial charge in [0.2, 0.25) is 5.78 Å². The maximum Gasteiger partial charge on any atom is 0.206 e. The van der Waals surface area contributed by atoms with Crippen LogP contribution in [0.4, 0.5) is 0 Å². The number of Topliss-reactive ketones (excluding diaryl/α,β-unsaturated/α-hetero) is 1. The van der Waals surface area contributed by atoms with E-state index in [0.717, 1.165) is 37.7 Å². The highest BCUT2D eigenvalue weighted by Gasteiger charge is 2.45. The number of allylic oxidation sites excluding steroid dienone is 8. The van der Waals surface area contributed by atoms with Gasteiger partial charge in [-0.25, -0.2) is 0 Å². The number of carbonyl (C=O) groups excluding carboxylic acids is 1. The number of nitrogens with zero attached hydrogens (tertiary/aromatic N) is 1. The van der Waals surface area contributed by atoms with E-state index in [1.165, 1.54) is 29.6 Å². The minimum atomic E-state index is -0.0382. The summed E-state index contributed by atoms with van der Waals surface area (Å²) in [6, 6.07) is 0. The molecule has 0 spiro atoms. The number of fused-ring (bicyclic) bond motifs is 2. The first-order valence-corrected chi connectivity index (χ1v) is 10.1. The van der Waals surface area contributed by atoms with Crippen LogP contribution >= 0.6 is 0 Å². The lowest BCUT2D eigenvalue weighted by atomic mass is 9.73. The number of ketones is 1. The van der Waals surface area contributed by atoms with Crippen molar-refractivity contribution in [2.24, 2.45) is 22.4 Å².